The van der Waals surface area contributed by atoms with Crippen LogP contribution in [0.25, 0.3) is 0 Å². The molecule has 0 aliphatic heterocycles. The van der Waals surface area contributed by atoms with Gasteiger partial charge in [-0.1, -0.05) is 29.0 Å². The average Bonchev–Trinajstić information content (AvgIpc) is 2.98. The Morgan fingerprint density at radius 3 is 2.46 bits per heavy atom. The molecule has 0 saturated carbocycles. The van der Waals surface area contributed by atoms with E-state index in [1.807, 2.05) is 0 Å². The fourth-order valence-electron chi connectivity index (χ4n) is 2.30. The Labute approximate surface area is 170 Å². The molecule has 6 nitrogen and oxygen atoms in total. The van der Waals surface area contributed by atoms with Crippen molar-refractivity contribution in [3.05, 3.63) is 69.4 Å². The summed E-state index contributed by atoms with van der Waals surface area (Å²) in [6.45, 7) is 3.20. The fraction of sp³-hybridized carbons (Fsp3) is 0.111. The molecule has 0 bridgehead atoms. The third-order valence-electron chi connectivity index (χ3n) is 3.78. The van der Waals surface area contributed by atoms with Crippen LogP contribution in [0.4, 0.5) is 15.2 Å². The smallest absolute Gasteiger partial charge is 0.267 e. The molecule has 3 rings (SSSR count). The molecule has 1 amide bonds. The van der Waals surface area contributed by atoms with E-state index in [0.29, 0.717) is 22.0 Å². The van der Waals surface area contributed by atoms with Gasteiger partial charge in [0.15, 0.2) is 5.13 Å². The second-order valence-electron chi connectivity index (χ2n) is 5.91. The highest BCUT2D eigenvalue weighted by Crippen LogP contribution is 2.26. The van der Waals surface area contributed by atoms with Crippen molar-refractivity contribution >= 4 is 49.7 Å². The monoisotopic (exact) mass is 439 g/mol. The summed E-state index contributed by atoms with van der Waals surface area (Å²) < 4.78 is 40.9. The predicted molar refractivity (Wildman–Crippen MR) is 108 cm³/mol. The molecule has 0 aliphatic rings. The van der Waals surface area contributed by atoms with Gasteiger partial charge in [-0.25, -0.2) is 17.8 Å². The summed E-state index contributed by atoms with van der Waals surface area (Å²) in [7, 11) is -3.87. The quantitative estimate of drug-likeness (QED) is 0.607. The molecule has 0 fully saturated rings. The number of halogens is 2. The molecule has 2 N–H and O–H groups in total. The number of benzene rings is 2. The molecule has 1 heterocycles. The summed E-state index contributed by atoms with van der Waals surface area (Å²) in [5.41, 5.74) is 1.11. The first-order chi connectivity index (χ1) is 13.2. The lowest BCUT2D eigenvalue weighted by Crippen LogP contribution is -2.12. The van der Waals surface area contributed by atoms with Crippen LogP contribution >= 0.6 is 22.9 Å². The summed E-state index contributed by atoms with van der Waals surface area (Å²) in [5.74, 6) is -0.939. The molecule has 2 aromatic carbocycles. The number of aryl methyl sites for hydroxylation is 2. The molecular formula is C18H15ClFN3O3S2. The van der Waals surface area contributed by atoms with Crippen molar-refractivity contribution in [2.24, 2.45) is 0 Å². The highest BCUT2D eigenvalue weighted by atomic mass is 35.5. The van der Waals surface area contributed by atoms with E-state index in [4.69, 9.17) is 11.6 Å². The molecule has 28 heavy (non-hydrogen) atoms. The highest BCUT2D eigenvalue weighted by molar-refractivity contribution is 7.93. The van der Waals surface area contributed by atoms with E-state index in [-0.39, 0.29) is 14.9 Å². The van der Waals surface area contributed by atoms with Gasteiger partial charge in [-0.05, 0) is 55.8 Å². The zero-order chi connectivity index (χ0) is 20.5. The van der Waals surface area contributed by atoms with Crippen molar-refractivity contribution in [1.29, 1.82) is 0 Å². The number of rotatable bonds is 5. The second-order valence-corrected chi connectivity index (χ2v) is 9.03. The predicted octanol–water partition coefficient (Wildman–Crippen LogP) is 4.61. The SMILES string of the molecule is Cc1ccc(NC(=O)c2sc(NS(=O)(=O)c3ccc(Cl)cc3)nc2C)cc1F. The molecule has 0 spiro atoms. The molecule has 3 aromatic rings. The van der Waals surface area contributed by atoms with Crippen LogP contribution in [0.1, 0.15) is 20.9 Å². The maximum Gasteiger partial charge on any atom is 0.267 e. The minimum atomic E-state index is -3.87. The topological polar surface area (TPSA) is 88.2 Å². The lowest BCUT2D eigenvalue weighted by Gasteiger charge is -2.05. The molecule has 0 unspecified atom stereocenters. The number of hydrogen-bond donors (Lipinski definition) is 2. The van der Waals surface area contributed by atoms with Gasteiger partial charge in [0.1, 0.15) is 10.7 Å². The van der Waals surface area contributed by atoms with Crippen LogP contribution in [0.2, 0.25) is 5.02 Å². The van der Waals surface area contributed by atoms with Crippen LogP contribution in [-0.4, -0.2) is 19.3 Å². The van der Waals surface area contributed by atoms with Crippen LogP contribution in [0.15, 0.2) is 47.4 Å². The van der Waals surface area contributed by atoms with Gasteiger partial charge in [0.05, 0.1) is 10.6 Å². The summed E-state index contributed by atoms with van der Waals surface area (Å²) in [6.07, 6.45) is 0. The first-order valence-electron chi connectivity index (χ1n) is 7.99. The van der Waals surface area contributed by atoms with Crippen molar-refractivity contribution in [3.8, 4) is 0 Å². The number of nitrogens with zero attached hydrogens (tertiary/aromatic N) is 1. The summed E-state index contributed by atoms with van der Waals surface area (Å²) in [4.78, 5) is 16.8. The molecule has 0 saturated heterocycles. The van der Waals surface area contributed by atoms with Crippen molar-refractivity contribution in [2.75, 3.05) is 10.0 Å². The number of carbonyl (C=O) groups excluding carboxylic acids is 1. The lowest BCUT2D eigenvalue weighted by molar-refractivity contribution is 0.103. The number of carbonyl (C=O) groups is 1. The number of aromatic nitrogens is 1. The van der Waals surface area contributed by atoms with Crippen LogP contribution in [-0.2, 0) is 10.0 Å². The second kappa shape index (κ2) is 7.86. The molecule has 0 atom stereocenters. The van der Waals surface area contributed by atoms with Crippen LogP contribution in [0, 0.1) is 19.7 Å². The summed E-state index contributed by atoms with van der Waals surface area (Å²) >= 11 is 6.66. The van der Waals surface area contributed by atoms with E-state index in [1.54, 1.807) is 26.0 Å². The van der Waals surface area contributed by atoms with E-state index in [0.717, 1.165) is 11.3 Å². The average molecular weight is 440 g/mol. The minimum absolute atomic E-state index is 0.0193. The first-order valence-corrected chi connectivity index (χ1v) is 10.7. The molecule has 0 radical (unpaired) electrons. The van der Waals surface area contributed by atoms with Crippen LogP contribution in [0.5, 0.6) is 0 Å². The van der Waals surface area contributed by atoms with Crippen molar-refractivity contribution in [3.63, 3.8) is 0 Å². The first kappa shape index (κ1) is 20.2. The van der Waals surface area contributed by atoms with Crippen molar-refractivity contribution in [2.45, 2.75) is 18.7 Å². The van der Waals surface area contributed by atoms with Gasteiger partial charge >= 0.3 is 0 Å². The van der Waals surface area contributed by atoms with Gasteiger partial charge in [0, 0.05) is 10.7 Å². The van der Waals surface area contributed by atoms with Crippen LogP contribution in [0.3, 0.4) is 0 Å². The van der Waals surface area contributed by atoms with E-state index in [9.17, 15) is 17.6 Å². The van der Waals surface area contributed by atoms with E-state index < -0.39 is 21.7 Å². The van der Waals surface area contributed by atoms with E-state index in [1.165, 1.54) is 30.3 Å². The van der Waals surface area contributed by atoms with Crippen LogP contribution < -0.4 is 10.0 Å². The van der Waals surface area contributed by atoms with Gasteiger partial charge in [-0.15, -0.1) is 0 Å². The molecule has 0 aliphatic carbocycles. The van der Waals surface area contributed by atoms with Gasteiger partial charge in [-0.3, -0.25) is 9.52 Å². The highest BCUT2D eigenvalue weighted by Gasteiger charge is 2.20. The molecule has 146 valence electrons. The van der Waals surface area contributed by atoms with Gasteiger partial charge < -0.3 is 5.32 Å². The van der Waals surface area contributed by atoms with E-state index >= 15 is 0 Å². The molecule has 1 aromatic heterocycles. The summed E-state index contributed by atoms with van der Waals surface area (Å²) in [6, 6.07) is 10.0. The maximum atomic E-state index is 13.6. The number of thiazole rings is 1. The van der Waals surface area contributed by atoms with Gasteiger partial charge in [-0.2, -0.15) is 0 Å². The zero-order valence-corrected chi connectivity index (χ0v) is 17.2. The minimum Gasteiger partial charge on any atom is -0.321 e. The Balaban J connectivity index is 1.79. The fourth-order valence-corrected chi connectivity index (χ4v) is 4.52. The van der Waals surface area contributed by atoms with Gasteiger partial charge in [0.25, 0.3) is 15.9 Å². The maximum absolute atomic E-state index is 13.6. The number of sulfonamides is 1. The standard InChI is InChI=1S/C18H15ClFN3O3S2/c1-10-3-6-13(9-15(10)20)22-17(24)16-11(2)21-18(27-16)23-28(25,26)14-7-4-12(19)5-8-14/h3-9H,1-2H3,(H,21,23)(H,22,24). The summed E-state index contributed by atoms with van der Waals surface area (Å²) in [5, 5.41) is 3.04. The number of nitrogens with one attached hydrogen (secondary N) is 2. The van der Waals surface area contributed by atoms with Crippen molar-refractivity contribution in [1.82, 2.24) is 4.98 Å². The Bertz CT molecular complexity index is 1150. The Kier molecular flexibility index (Phi) is 5.69. The van der Waals surface area contributed by atoms with E-state index in [2.05, 4.69) is 15.0 Å². The largest absolute Gasteiger partial charge is 0.321 e. The normalized spacial score (nSPS) is 11.3. The third kappa shape index (κ3) is 4.49. The number of hydrogen-bond acceptors (Lipinski definition) is 5. The Morgan fingerprint density at radius 2 is 1.82 bits per heavy atom. The zero-order valence-electron chi connectivity index (χ0n) is 14.8. The third-order valence-corrected chi connectivity index (χ3v) is 6.59. The van der Waals surface area contributed by atoms with Crippen molar-refractivity contribution < 1.29 is 17.6 Å². The number of amides is 1. The lowest BCUT2D eigenvalue weighted by atomic mass is 10.2. The number of anilines is 2. The molecule has 10 heteroatoms. The Hall–Kier alpha value is -2.49. The molecular weight excluding hydrogens is 425 g/mol. The van der Waals surface area contributed by atoms with Gasteiger partial charge in [0.2, 0.25) is 0 Å². The Morgan fingerprint density at radius 1 is 1.14 bits per heavy atom.